The van der Waals surface area contributed by atoms with E-state index in [0.29, 0.717) is 17.4 Å². The predicted molar refractivity (Wildman–Crippen MR) is 77.7 cm³/mol. The lowest BCUT2D eigenvalue weighted by atomic mass is 10.1. The summed E-state index contributed by atoms with van der Waals surface area (Å²) in [6.07, 6.45) is 1.26. The Labute approximate surface area is 115 Å². The van der Waals surface area contributed by atoms with E-state index < -0.39 is 0 Å². The minimum absolute atomic E-state index is 0.0570. The fraction of sp³-hybridized carbons (Fsp3) is 0.533. The number of amidine groups is 1. The van der Waals surface area contributed by atoms with Crippen LogP contribution < -0.4 is 10.5 Å². The Hall–Kier alpha value is -1.55. The van der Waals surface area contributed by atoms with Gasteiger partial charge in [0.25, 0.3) is 0 Å². The van der Waals surface area contributed by atoms with Crippen LogP contribution in [0.25, 0.3) is 0 Å². The number of nitrogens with zero attached hydrogens (tertiary/aromatic N) is 1. The number of rotatable bonds is 4. The molecule has 0 aromatic heterocycles. The summed E-state index contributed by atoms with van der Waals surface area (Å²) in [6.45, 7) is 6.63. The van der Waals surface area contributed by atoms with Crippen molar-refractivity contribution in [3.05, 3.63) is 29.3 Å². The maximum Gasteiger partial charge on any atom is 0.129 e. The monoisotopic (exact) mass is 261 g/mol. The van der Waals surface area contributed by atoms with Crippen LogP contribution in [-0.2, 0) is 6.54 Å². The van der Waals surface area contributed by atoms with Crippen molar-refractivity contribution in [1.82, 2.24) is 4.90 Å². The molecular formula is C15H23N3O. The number of nitrogen functional groups attached to an aromatic ring is 1. The summed E-state index contributed by atoms with van der Waals surface area (Å²) in [5, 5.41) is 7.62. The lowest BCUT2D eigenvalue weighted by molar-refractivity contribution is 0.256. The molecule has 1 saturated heterocycles. The van der Waals surface area contributed by atoms with Crippen molar-refractivity contribution in [3.8, 4) is 5.75 Å². The van der Waals surface area contributed by atoms with Crippen molar-refractivity contribution in [3.63, 3.8) is 0 Å². The highest BCUT2D eigenvalue weighted by Crippen LogP contribution is 2.26. The SMILES string of the molecule is COc1ccc(CN2CC(C)CC2C)cc1C(=N)N. The Morgan fingerprint density at radius 2 is 2.21 bits per heavy atom. The molecule has 2 atom stereocenters. The second kappa shape index (κ2) is 5.61. The molecule has 1 aliphatic heterocycles. The van der Waals surface area contributed by atoms with Gasteiger partial charge in [-0.15, -0.1) is 0 Å². The molecule has 0 aliphatic carbocycles. The van der Waals surface area contributed by atoms with Crippen LogP contribution in [0, 0.1) is 11.3 Å². The van der Waals surface area contributed by atoms with E-state index in [0.717, 1.165) is 19.0 Å². The number of hydrogen-bond donors (Lipinski definition) is 2. The van der Waals surface area contributed by atoms with Gasteiger partial charge in [0.1, 0.15) is 11.6 Å². The smallest absolute Gasteiger partial charge is 0.129 e. The summed E-state index contributed by atoms with van der Waals surface area (Å²) in [6, 6.07) is 6.55. The number of likely N-dealkylation sites (tertiary alicyclic amines) is 1. The molecule has 3 N–H and O–H groups in total. The summed E-state index contributed by atoms with van der Waals surface area (Å²) >= 11 is 0. The molecule has 2 unspecified atom stereocenters. The number of methoxy groups -OCH3 is 1. The van der Waals surface area contributed by atoms with Crippen LogP contribution in [-0.4, -0.2) is 30.4 Å². The lowest BCUT2D eigenvalue weighted by Crippen LogP contribution is -2.26. The first kappa shape index (κ1) is 13.9. The first-order valence-corrected chi connectivity index (χ1v) is 6.76. The Bertz CT molecular complexity index is 472. The molecular weight excluding hydrogens is 238 g/mol. The Kier molecular flexibility index (Phi) is 4.10. The van der Waals surface area contributed by atoms with E-state index in [2.05, 4.69) is 24.8 Å². The topological polar surface area (TPSA) is 62.3 Å². The van der Waals surface area contributed by atoms with Gasteiger partial charge in [-0.2, -0.15) is 0 Å². The molecule has 0 radical (unpaired) electrons. The maximum atomic E-state index is 7.62. The first-order valence-electron chi connectivity index (χ1n) is 6.76. The molecule has 1 fully saturated rings. The van der Waals surface area contributed by atoms with Crippen molar-refractivity contribution in [2.24, 2.45) is 11.7 Å². The van der Waals surface area contributed by atoms with E-state index in [-0.39, 0.29) is 5.84 Å². The summed E-state index contributed by atoms with van der Waals surface area (Å²) in [5.74, 6) is 1.49. The molecule has 0 amide bonds. The van der Waals surface area contributed by atoms with Crippen molar-refractivity contribution < 1.29 is 4.74 Å². The molecule has 4 heteroatoms. The standard InChI is InChI=1S/C15H23N3O/c1-10-6-11(2)18(8-10)9-12-4-5-14(19-3)13(7-12)15(16)17/h4-5,7,10-11H,6,8-9H2,1-3H3,(H3,16,17). The van der Waals surface area contributed by atoms with Crippen LogP contribution in [0.15, 0.2) is 18.2 Å². The molecule has 1 aromatic rings. The summed E-state index contributed by atoms with van der Waals surface area (Å²) in [5.41, 5.74) is 7.47. The van der Waals surface area contributed by atoms with Crippen molar-refractivity contribution >= 4 is 5.84 Å². The van der Waals surface area contributed by atoms with Crippen molar-refractivity contribution in [2.45, 2.75) is 32.9 Å². The number of hydrogen-bond acceptors (Lipinski definition) is 3. The third kappa shape index (κ3) is 3.07. The van der Waals surface area contributed by atoms with E-state index in [1.807, 2.05) is 12.1 Å². The summed E-state index contributed by atoms with van der Waals surface area (Å²) in [7, 11) is 1.60. The second-order valence-electron chi connectivity index (χ2n) is 5.57. The van der Waals surface area contributed by atoms with Gasteiger partial charge >= 0.3 is 0 Å². The van der Waals surface area contributed by atoms with Crippen LogP contribution in [0.1, 0.15) is 31.4 Å². The van der Waals surface area contributed by atoms with Crippen LogP contribution in [0.3, 0.4) is 0 Å². The van der Waals surface area contributed by atoms with Crippen LogP contribution >= 0.6 is 0 Å². The molecule has 0 spiro atoms. The minimum Gasteiger partial charge on any atom is -0.496 e. The fourth-order valence-electron chi connectivity index (χ4n) is 2.91. The molecule has 2 rings (SSSR count). The minimum atomic E-state index is 0.0570. The van der Waals surface area contributed by atoms with Gasteiger partial charge in [0.2, 0.25) is 0 Å². The number of nitrogens with two attached hydrogens (primary N) is 1. The molecule has 1 aromatic carbocycles. The van der Waals surface area contributed by atoms with E-state index in [1.165, 1.54) is 12.0 Å². The number of ether oxygens (including phenoxy) is 1. The molecule has 104 valence electrons. The zero-order chi connectivity index (χ0) is 14.0. The van der Waals surface area contributed by atoms with Crippen LogP contribution in [0.2, 0.25) is 0 Å². The summed E-state index contributed by atoms with van der Waals surface area (Å²) in [4.78, 5) is 2.48. The average Bonchev–Trinajstić information content (AvgIpc) is 2.67. The average molecular weight is 261 g/mol. The van der Waals surface area contributed by atoms with E-state index in [1.54, 1.807) is 7.11 Å². The molecule has 19 heavy (non-hydrogen) atoms. The Morgan fingerprint density at radius 3 is 2.74 bits per heavy atom. The van der Waals surface area contributed by atoms with E-state index in [9.17, 15) is 0 Å². The van der Waals surface area contributed by atoms with Gasteiger partial charge in [0, 0.05) is 19.1 Å². The van der Waals surface area contributed by atoms with Gasteiger partial charge in [-0.25, -0.2) is 0 Å². The van der Waals surface area contributed by atoms with Gasteiger partial charge in [0.05, 0.1) is 12.7 Å². The van der Waals surface area contributed by atoms with E-state index >= 15 is 0 Å². The van der Waals surface area contributed by atoms with E-state index in [4.69, 9.17) is 15.9 Å². The second-order valence-corrected chi connectivity index (χ2v) is 5.57. The van der Waals surface area contributed by atoms with Crippen molar-refractivity contribution in [1.29, 1.82) is 5.41 Å². The third-order valence-electron chi connectivity index (χ3n) is 3.85. The third-order valence-corrected chi connectivity index (χ3v) is 3.85. The molecule has 0 saturated carbocycles. The normalized spacial score (nSPS) is 23.5. The Morgan fingerprint density at radius 1 is 1.47 bits per heavy atom. The molecule has 1 aliphatic rings. The van der Waals surface area contributed by atoms with Gasteiger partial charge in [-0.1, -0.05) is 13.0 Å². The first-order chi connectivity index (χ1) is 9.01. The predicted octanol–water partition coefficient (Wildman–Crippen LogP) is 2.21. The van der Waals surface area contributed by atoms with Gasteiger partial charge < -0.3 is 10.5 Å². The highest BCUT2D eigenvalue weighted by atomic mass is 16.5. The molecule has 4 nitrogen and oxygen atoms in total. The highest BCUT2D eigenvalue weighted by molar-refractivity contribution is 5.97. The zero-order valence-electron chi connectivity index (χ0n) is 11.9. The van der Waals surface area contributed by atoms with Gasteiger partial charge in [-0.3, -0.25) is 10.3 Å². The Balaban J connectivity index is 2.17. The van der Waals surface area contributed by atoms with Gasteiger partial charge in [0.15, 0.2) is 0 Å². The lowest BCUT2D eigenvalue weighted by Gasteiger charge is -2.21. The maximum absolute atomic E-state index is 7.62. The van der Waals surface area contributed by atoms with Crippen LogP contribution in [0.5, 0.6) is 5.75 Å². The van der Waals surface area contributed by atoms with Crippen LogP contribution in [0.4, 0.5) is 0 Å². The zero-order valence-corrected chi connectivity index (χ0v) is 11.9. The number of nitrogens with one attached hydrogen (secondary N) is 1. The molecule has 0 bridgehead atoms. The molecule has 1 heterocycles. The largest absolute Gasteiger partial charge is 0.496 e. The number of benzene rings is 1. The van der Waals surface area contributed by atoms with Crippen molar-refractivity contribution in [2.75, 3.05) is 13.7 Å². The summed E-state index contributed by atoms with van der Waals surface area (Å²) < 4.78 is 5.24. The fourth-order valence-corrected chi connectivity index (χ4v) is 2.91. The highest BCUT2D eigenvalue weighted by Gasteiger charge is 2.25. The quantitative estimate of drug-likeness (QED) is 0.645. The van der Waals surface area contributed by atoms with Gasteiger partial charge in [-0.05, 0) is 37.0 Å².